The Kier molecular flexibility index (Phi) is 6.87. The van der Waals surface area contributed by atoms with Gasteiger partial charge in [0.15, 0.2) is 0 Å². The Morgan fingerprint density at radius 1 is 1.11 bits per heavy atom. The second-order valence-electron chi connectivity index (χ2n) is 5.83. The first-order chi connectivity index (χ1) is 13.2. The van der Waals surface area contributed by atoms with Crippen molar-refractivity contribution in [3.8, 4) is 0 Å². The van der Waals surface area contributed by atoms with Gasteiger partial charge in [0.1, 0.15) is 10.7 Å². The van der Waals surface area contributed by atoms with Crippen LogP contribution < -0.4 is 5.73 Å². The Morgan fingerprint density at radius 3 is 2.25 bits per heavy atom. The SMILES string of the molecule is CCN(CC)S(=O)(=O)c1cc(C(=O)OC(C(N)=O)c2ccccc2)ccc1F. The van der Waals surface area contributed by atoms with Gasteiger partial charge in [-0.15, -0.1) is 0 Å². The van der Waals surface area contributed by atoms with Gasteiger partial charge in [0.05, 0.1) is 5.56 Å². The lowest BCUT2D eigenvalue weighted by atomic mass is 10.1. The molecule has 1 atom stereocenters. The molecule has 150 valence electrons. The van der Waals surface area contributed by atoms with E-state index in [0.29, 0.717) is 5.56 Å². The molecule has 0 aliphatic heterocycles. The number of nitrogens with zero attached hydrogens (tertiary/aromatic N) is 1. The number of carbonyl (C=O) groups excluding carboxylic acids is 2. The van der Waals surface area contributed by atoms with Crippen LogP contribution in [-0.2, 0) is 19.6 Å². The van der Waals surface area contributed by atoms with Gasteiger partial charge in [0.2, 0.25) is 16.1 Å². The molecule has 28 heavy (non-hydrogen) atoms. The minimum atomic E-state index is -4.13. The fourth-order valence-corrected chi connectivity index (χ4v) is 4.17. The molecule has 2 aromatic carbocycles. The minimum Gasteiger partial charge on any atom is -0.444 e. The average Bonchev–Trinajstić information content (AvgIpc) is 2.67. The van der Waals surface area contributed by atoms with E-state index in [-0.39, 0.29) is 18.7 Å². The van der Waals surface area contributed by atoms with E-state index < -0.39 is 38.7 Å². The molecule has 0 aromatic heterocycles. The van der Waals surface area contributed by atoms with Crippen LogP contribution in [0.15, 0.2) is 53.4 Å². The van der Waals surface area contributed by atoms with Crippen molar-refractivity contribution in [2.45, 2.75) is 24.8 Å². The van der Waals surface area contributed by atoms with Crippen molar-refractivity contribution in [1.82, 2.24) is 4.31 Å². The number of hydrogen-bond acceptors (Lipinski definition) is 5. The Labute approximate surface area is 163 Å². The van der Waals surface area contributed by atoms with Crippen LogP contribution in [0.5, 0.6) is 0 Å². The zero-order valence-corrected chi connectivity index (χ0v) is 16.3. The molecule has 0 aliphatic rings. The summed E-state index contributed by atoms with van der Waals surface area (Å²) >= 11 is 0. The predicted molar refractivity (Wildman–Crippen MR) is 100 cm³/mol. The van der Waals surface area contributed by atoms with E-state index in [1.807, 2.05) is 0 Å². The maximum atomic E-state index is 14.2. The van der Waals surface area contributed by atoms with Crippen molar-refractivity contribution in [3.05, 3.63) is 65.5 Å². The first kappa shape index (κ1) is 21.5. The number of hydrogen-bond donors (Lipinski definition) is 1. The fourth-order valence-electron chi connectivity index (χ4n) is 2.62. The number of primary amides is 1. The lowest BCUT2D eigenvalue weighted by Gasteiger charge is -2.19. The monoisotopic (exact) mass is 408 g/mol. The molecule has 2 N–H and O–H groups in total. The Balaban J connectivity index is 2.38. The summed E-state index contributed by atoms with van der Waals surface area (Å²) < 4.78 is 45.6. The van der Waals surface area contributed by atoms with Crippen LogP contribution in [0.3, 0.4) is 0 Å². The van der Waals surface area contributed by atoms with E-state index in [2.05, 4.69) is 0 Å². The first-order valence-corrected chi connectivity index (χ1v) is 10.0. The predicted octanol–water partition coefficient (Wildman–Crippen LogP) is 2.24. The molecule has 0 bridgehead atoms. The number of rotatable bonds is 8. The van der Waals surface area contributed by atoms with Crippen molar-refractivity contribution in [1.29, 1.82) is 0 Å². The van der Waals surface area contributed by atoms with Gasteiger partial charge in [-0.1, -0.05) is 44.2 Å². The lowest BCUT2D eigenvalue weighted by molar-refractivity contribution is -0.127. The Bertz CT molecular complexity index is 960. The summed E-state index contributed by atoms with van der Waals surface area (Å²) in [7, 11) is -4.13. The molecule has 1 unspecified atom stereocenters. The summed E-state index contributed by atoms with van der Waals surface area (Å²) in [6, 6.07) is 11.0. The third-order valence-electron chi connectivity index (χ3n) is 4.08. The third kappa shape index (κ3) is 4.55. The first-order valence-electron chi connectivity index (χ1n) is 8.57. The summed E-state index contributed by atoms with van der Waals surface area (Å²) in [5.74, 6) is -2.88. The van der Waals surface area contributed by atoms with Gasteiger partial charge in [-0.25, -0.2) is 17.6 Å². The average molecular weight is 408 g/mol. The fraction of sp³-hybridized carbons (Fsp3) is 0.263. The van der Waals surface area contributed by atoms with Crippen LogP contribution in [0.4, 0.5) is 4.39 Å². The van der Waals surface area contributed by atoms with Crippen LogP contribution in [0, 0.1) is 5.82 Å². The minimum absolute atomic E-state index is 0.144. The molecule has 0 aliphatic carbocycles. The highest BCUT2D eigenvalue weighted by Gasteiger charge is 2.28. The topological polar surface area (TPSA) is 107 Å². The van der Waals surface area contributed by atoms with E-state index in [9.17, 15) is 22.4 Å². The van der Waals surface area contributed by atoms with Crippen LogP contribution in [0.1, 0.15) is 35.9 Å². The van der Waals surface area contributed by atoms with Gasteiger partial charge in [-0.3, -0.25) is 4.79 Å². The van der Waals surface area contributed by atoms with Crippen LogP contribution in [0.2, 0.25) is 0 Å². The zero-order valence-electron chi connectivity index (χ0n) is 15.5. The quantitative estimate of drug-likeness (QED) is 0.674. The van der Waals surface area contributed by atoms with Gasteiger partial charge in [0, 0.05) is 18.7 Å². The molecule has 7 nitrogen and oxygen atoms in total. The van der Waals surface area contributed by atoms with Gasteiger partial charge < -0.3 is 10.5 Å². The van der Waals surface area contributed by atoms with Crippen molar-refractivity contribution in [2.24, 2.45) is 5.73 Å². The highest BCUT2D eigenvalue weighted by molar-refractivity contribution is 7.89. The normalized spacial score (nSPS) is 12.6. The van der Waals surface area contributed by atoms with Crippen LogP contribution in [-0.4, -0.2) is 37.7 Å². The molecule has 0 radical (unpaired) electrons. The number of ether oxygens (including phenoxy) is 1. The van der Waals surface area contributed by atoms with Crippen LogP contribution >= 0.6 is 0 Å². The lowest BCUT2D eigenvalue weighted by Crippen LogP contribution is -2.31. The third-order valence-corrected chi connectivity index (χ3v) is 6.14. The molecule has 9 heteroatoms. The number of nitrogens with two attached hydrogens (primary N) is 1. The molecular formula is C19H21FN2O5S. The summed E-state index contributed by atoms with van der Waals surface area (Å²) in [4.78, 5) is 23.5. The summed E-state index contributed by atoms with van der Waals surface area (Å²) in [6.07, 6.45) is -1.36. The molecule has 0 fully saturated rings. The summed E-state index contributed by atoms with van der Waals surface area (Å²) in [5.41, 5.74) is 5.46. The molecule has 1 amide bonds. The molecular weight excluding hydrogens is 387 g/mol. The van der Waals surface area contributed by atoms with E-state index in [1.165, 1.54) is 0 Å². The van der Waals surface area contributed by atoms with Crippen LogP contribution in [0.25, 0.3) is 0 Å². The number of halogens is 1. The van der Waals surface area contributed by atoms with Gasteiger partial charge in [-0.05, 0) is 18.2 Å². The van der Waals surface area contributed by atoms with Gasteiger partial charge >= 0.3 is 5.97 Å². The highest BCUT2D eigenvalue weighted by Crippen LogP contribution is 2.23. The molecule has 0 saturated heterocycles. The van der Waals surface area contributed by atoms with Gasteiger partial charge in [0.25, 0.3) is 5.91 Å². The largest absolute Gasteiger partial charge is 0.444 e. The zero-order chi connectivity index (χ0) is 20.9. The van der Waals surface area contributed by atoms with Crippen molar-refractivity contribution in [3.63, 3.8) is 0 Å². The number of benzene rings is 2. The number of esters is 1. The van der Waals surface area contributed by atoms with Crippen molar-refractivity contribution >= 4 is 21.9 Å². The molecule has 0 spiro atoms. The summed E-state index contributed by atoms with van der Waals surface area (Å²) in [6.45, 7) is 3.53. The maximum Gasteiger partial charge on any atom is 0.339 e. The van der Waals surface area contributed by atoms with Gasteiger partial charge in [-0.2, -0.15) is 4.31 Å². The van der Waals surface area contributed by atoms with Crippen molar-refractivity contribution in [2.75, 3.05) is 13.1 Å². The van der Waals surface area contributed by atoms with E-state index in [1.54, 1.807) is 44.2 Å². The standard InChI is InChI=1S/C19H21FN2O5S/c1-3-22(4-2)28(25,26)16-12-14(10-11-15(16)20)19(24)27-17(18(21)23)13-8-6-5-7-9-13/h5-12,17H,3-4H2,1-2H3,(H2,21,23). The Hall–Kier alpha value is -2.78. The number of sulfonamides is 1. The van der Waals surface area contributed by atoms with E-state index in [0.717, 1.165) is 22.5 Å². The number of carbonyl (C=O) groups is 2. The van der Waals surface area contributed by atoms with E-state index >= 15 is 0 Å². The van der Waals surface area contributed by atoms with E-state index in [4.69, 9.17) is 10.5 Å². The summed E-state index contributed by atoms with van der Waals surface area (Å²) in [5, 5.41) is 0. The molecule has 2 rings (SSSR count). The smallest absolute Gasteiger partial charge is 0.339 e. The second kappa shape index (κ2) is 8.94. The molecule has 2 aromatic rings. The van der Waals surface area contributed by atoms with Crippen molar-refractivity contribution < 1.29 is 27.1 Å². The molecule has 0 saturated carbocycles. The second-order valence-corrected chi connectivity index (χ2v) is 7.74. The maximum absolute atomic E-state index is 14.2. The highest BCUT2D eigenvalue weighted by atomic mass is 32.2. The Morgan fingerprint density at radius 2 is 1.71 bits per heavy atom. The molecule has 0 heterocycles. The number of amides is 1.